The summed E-state index contributed by atoms with van der Waals surface area (Å²) in [4.78, 5) is 12.5. The van der Waals surface area contributed by atoms with Crippen molar-refractivity contribution >= 4 is 21.6 Å². The molecular weight excluding hydrogens is 391 g/mol. The smallest absolute Gasteiger partial charge is 0.261 e. The zero-order valence-electron chi connectivity index (χ0n) is 15.9. The molecule has 3 aromatic carbocycles. The second kappa shape index (κ2) is 8.87. The first-order valence-corrected chi connectivity index (χ1v) is 10.5. The Hall–Kier alpha value is -3.19. The standard InChI is InChI=1S/C22H21FN2O3S/c1-16-8-10-21(11-9-16)29(27,28)25-20-7-3-5-18(15-20)22(26)24-13-12-17-4-2-6-19(23)14-17/h2-11,14-15,25H,12-13H2,1H3,(H,24,26). The fourth-order valence-corrected chi connectivity index (χ4v) is 3.82. The molecule has 0 unspecified atom stereocenters. The van der Waals surface area contributed by atoms with E-state index in [0.717, 1.165) is 11.1 Å². The van der Waals surface area contributed by atoms with E-state index >= 15 is 0 Å². The van der Waals surface area contributed by atoms with E-state index in [4.69, 9.17) is 0 Å². The van der Waals surface area contributed by atoms with E-state index in [-0.39, 0.29) is 16.6 Å². The second-order valence-electron chi connectivity index (χ2n) is 6.64. The maximum absolute atomic E-state index is 13.2. The molecule has 0 aliphatic rings. The largest absolute Gasteiger partial charge is 0.352 e. The summed E-state index contributed by atoms with van der Waals surface area (Å²) in [5.74, 6) is -0.653. The van der Waals surface area contributed by atoms with Gasteiger partial charge in [0, 0.05) is 17.8 Å². The highest BCUT2D eigenvalue weighted by molar-refractivity contribution is 7.92. The van der Waals surface area contributed by atoms with Crippen LogP contribution in [0.1, 0.15) is 21.5 Å². The molecule has 150 valence electrons. The number of hydrogen-bond acceptors (Lipinski definition) is 3. The van der Waals surface area contributed by atoms with Gasteiger partial charge in [-0.25, -0.2) is 12.8 Å². The highest BCUT2D eigenvalue weighted by Gasteiger charge is 2.15. The van der Waals surface area contributed by atoms with Gasteiger partial charge in [0.2, 0.25) is 0 Å². The van der Waals surface area contributed by atoms with Gasteiger partial charge in [-0.3, -0.25) is 9.52 Å². The molecule has 5 nitrogen and oxygen atoms in total. The van der Waals surface area contributed by atoms with Gasteiger partial charge >= 0.3 is 0 Å². The molecule has 0 fully saturated rings. The molecule has 3 rings (SSSR count). The maximum Gasteiger partial charge on any atom is 0.261 e. The summed E-state index contributed by atoms with van der Waals surface area (Å²) in [5.41, 5.74) is 2.36. The highest BCUT2D eigenvalue weighted by atomic mass is 32.2. The molecule has 2 N–H and O–H groups in total. The van der Waals surface area contributed by atoms with Crippen molar-refractivity contribution in [1.29, 1.82) is 0 Å². The van der Waals surface area contributed by atoms with Crippen molar-refractivity contribution in [1.82, 2.24) is 5.32 Å². The molecule has 0 saturated carbocycles. The predicted molar refractivity (Wildman–Crippen MR) is 111 cm³/mol. The van der Waals surface area contributed by atoms with Crippen molar-refractivity contribution in [3.63, 3.8) is 0 Å². The van der Waals surface area contributed by atoms with Crippen LogP contribution >= 0.6 is 0 Å². The molecule has 0 aliphatic carbocycles. The fourth-order valence-electron chi connectivity index (χ4n) is 2.77. The van der Waals surface area contributed by atoms with E-state index in [0.29, 0.717) is 24.2 Å². The van der Waals surface area contributed by atoms with Crippen LogP contribution in [-0.2, 0) is 16.4 Å². The van der Waals surface area contributed by atoms with Crippen molar-refractivity contribution in [2.45, 2.75) is 18.2 Å². The van der Waals surface area contributed by atoms with Gasteiger partial charge in [-0.1, -0.05) is 35.9 Å². The molecular formula is C22H21FN2O3S. The molecule has 0 saturated heterocycles. The first kappa shape index (κ1) is 20.5. The van der Waals surface area contributed by atoms with Gasteiger partial charge in [0.1, 0.15) is 5.82 Å². The molecule has 0 aliphatic heterocycles. The molecule has 29 heavy (non-hydrogen) atoms. The molecule has 1 amide bonds. The average Bonchev–Trinajstić information content (AvgIpc) is 2.68. The topological polar surface area (TPSA) is 75.3 Å². The van der Waals surface area contributed by atoms with Gasteiger partial charge in [-0.05, 0) is 61.4 Å². The molecule has 0 aromatic heterocycles. The average molecular weight is 412 g/mol. The number of aryl methyl sites for hydroxylation is 1. The van der Waals surface area contributed by atoms with Gasteiger partial charge in [-0.15, -0.1) is 0 Å². The van der Waals surface area contributed by atoms with E-state index in [9.17, 15) is 17.6 Å². The number of hydrogen-bond donors (Lipinski definition) is 2. The lowest BCUT2D eigenvalue weighted by Crippen LogP contribution is -2.25. The van der Waals surface area contributed by atoms with Crippen LogP contribution in [0.25, 0.3) is 0 Å². The monoisotopic (exact) mass is 412 g/mol. The van der Waals surface area contributed by atoms with Gasteiger partial charge < -0.3 is 5.32 Å². The van der Waals surface area contributed by atoms with Crippen molar-refractivity contribution in [2.24, 2.45) is 0 Å². The summed E-state index contributed by atoms with van der Waals surface area (Å²) < 4.78 is 40.7. The minimum absolute atomic E-state index is 0.146. The van der Waals surface area contributed by atoms with E-state index in [2.05, 4.69) is 10.0 Å². The number of benzene rings is 3. The van der Waals surface area contributed by atoms with Gasteiger partial charge in [0.25, 0.3) is 15.9 Å². The van der Waals surface area contributed by atoms with Crippen LogP contribution in [0.4, 0.5) is 10.1 Å². The number of nitrogens with one attached hydrogen (secondary N) is 2. The fraction of sp³-hybridized carbons (Fsp3) is 0.136. The third-order valence-electron chi connectivity index (χ3n) is 4.30. The number of carbonyl (C=O) groups is 1. The molecule has 0 bridgehead atoms. The summed E-state index contributed by atoms with van der Waals surface area (Å²) in [6, 6.07) is 19.0. The molecule has 0 radical (unpaired) electrons. The van der Waals surface area contributed by atoms with Crippen molar-refractivity contribution in [2.75, 3.05) is 11.3 Å². The van der Waals surface area contributed by atoms with Crippen molar-refractivity contribution in [3.05, 3.63) is 95.3 Å². The molecule has 0 atom stereocenters. The lowest BCUT2D eigenvalue weighted by atomic mass is 10.1. The van der Waals surface area contributed by atoms with E-state index < -0.39 is 10.0 Å². The van der Waals surface area contributed by atoms with Crippen LogP contribution in [0.5, 0.6) is 0 Å². The van der Waals surface area contributed by atoms with Crippen LogP contribution in [0.2, 0.25) is 0 Å². The Bertz CT molecular complexity index is 1110. The summed E-state index contributed by atoms with van der Waals surface area (Å²) in [5, 5.41) is 2.76. The Morgan fingerprint density at radius 1 is 0.966 bits per heavy atom. The molecule has 3 aromatic rings. The number of rotatable bonds is 7. The Balaban J connectivity index is 1.64. The van der Waals surface area contributed by atoms with Gasteiger partial charge in [0.15, 0.2) is 0 Å². The molecule has 7 heteroatoms. The van der Waals surface area contributed by atoms with Crippen LogP contribution in [0.3, 0.4) is 0 Å². The number of sulfonamides is 1. The Morgan fingerprint density at radius 3 is 2.41 bits per heavy atom. The number of halogens is 1. The summed E-state index contributed by atoms with van der Waals surface area (Å²) in [7, 11) is -3.75. The lowest BCUT2D eigenvalue weighted by molar-refractivity contribution is 0.0954. The highest BCUT2D eigenvalue weighted by Crippen LogP contribution is 2.18. The molecule has 0 heterocycles. The third-order valence-corrected chi connectivity index (χ3v) is 5.69. The van der Waals surface area contributed by atoms with Crippen LogP contribution in [-0.4, -0.2) is 20.9 Å². The van der Waals surface area contributed by atoms with Crippen molar-refractivity contribution < 1.29 is 17.6 Å². The zero-order valence-corrected chi connectivity index (χ0v) is 16.7. The zero-order chi connectivity index (χ0) is 20.9. The quantitative estimate of drug-likeness (QED) is 0.618. The van der Waals surface area contributed by atoms with E-state index in [1.165, 1.54) is 30.3 Å². The predicted octanol–water partition coefficient (Wildman–Crippen LogP) is 3.91. The van der Waals surface area contributed by atoms with Crippen LogP contribution < -0.4 is 10.0 Å². The van der Waals surface area contributed by atoms with Gasteiger partial charge in [-0.2, -0.15) is 0 Å². The van der Waals surface area contributed by atoms with Crippen LogP contribution in [0.15, 0.2) is 77.7 Å². The SMILES string of the molecule is Cc1ccc(S(=O)(=O)Nc2cccc(C(=O)NCCc3cccc(F)c3)c2)cc1. The number of carbonyl (C=O) groups excluding carboxylic acids is 1. The minimum atomic E-state index is -3.75. The summed E-state index contributed by atoms with van der Waals surface area (Å²) in [6.07, 6.45) is 0.489. The van der Waals surface area contributed by atoms with Gasteiger partial charge in [0.05, 0.1) is 4.90 Å². The van der Waals surface area contributed by atoms with Crippen molar-refractivity contribution in [3.8, 4) is 0 Å². The Kier molecular flexibility index (Phi) is 6.29. The second-order valence-corrected chi connectivity index (χ2v) is 8.32. The van der Waals surface area contributed by atoms with E-state index in [1.807, 2.05) is 6.92 Å². The summed E-state index contributed by atoms with van der Waals surface area (Å²) in [6.45, 7) is 2.21. The Labute approximate surface area is 169 Å². The first-order valence-electron chi connectivity index (χ1n) is 9.06. The number of anilines is 1. The van der Waals surface area contributed by atoms with E-state index in [1.54, 1.807) is 42.5 Å². The maximum atomic E-state index is 13.2. The molecule has 0 spiro atoms. The normalized spacial score (nSPS) is 11.1. The first-order chi connectivity index (χ1) is 13.8. The lowest BCUT2D eigenvalue weighted by Gasteiger charge is -2.10. The third kappa shape index (κ3) is 5.65. The summed E-state index contributed by atoms with van der Waals surface area (Å²) >= 11 is 0. The Morgan fingerprint density at radius 2 is 1.69 bits per heavy atom. The minimum Gasteiger partial charge on any atom is -0.352 e. The number of amides is 1. The van der Waals surface area contributed by atoms with Crippen LogP contribution in [0, 0.1) is 12.7 Å².